The number of carbonyl (C=O) groups excluding carboxylic acids is 1. The number of carbonyl (C=O) groups is 1. The Morgan fingerprint density at radius 1 is 1.26 bits per heavy atom. The van der Waals surface area contributed by atoms with Crippen LogP contribution in [0.4, 0.5) is 0 Å². The van der Waals surface area contributed by atoms with Crippen LogP contribution in [0.15, 0.2) is 29.2 Å². The molecule has 0 aromatic heterocycles. The maximum absolute atomic E-state index is 13.1. The van der Waals surface area contributed by atoms with Gasteiger partial charge >= 0.3 is 0 Å². The van der Waals surface area contributed by atoms with Gasteiger partial charge in [-0.25, -0.2) is 8.42 Å². The Labute approximate surface area is 184 Å². The van der Waals surface area contributed by atoms with Crippen molar-refractivity contribution >= 4 is 22.0 Å². The smallest absolute Gasteiger partial charge is 0.246 e. The van der Waals surface area contributed by atoms with Crippen LogP contribution < -0.4 is 10.1 Å². The first kappa shape index (κ1) is 22.3. The van der Waals surface area contributed by atoms with Gasteiger partial charge in [-0.2, -0.15) is 4.31 Å². The lowest BCUT2D eigenvalue weighted by atomic mass is 9.84. The van der Waals surface area contributed by atoms with Gasteiger partial charge in [-0.1, -0.05) is 12.5 Å². The van der Waals surface area contributed by atoms with Crippen LogP contribution in [0.1, 0.15) is 38.2 Å². The summed E-state index contributed by atoms with van der Waals surface area (Å²) in [5.41, 5.74) is 0.635. The van der Waals surface area contributed by atoms with E-state index in [1.165, 1.54) is 43.2 Å². The van der Waals surface area contributed by atoms with Gasteiger partial charge in [0, 0.05) is 25.2 Å². The molecular weight excluding hydrogens is 416 g/mol. The van der Waals surface area contributed by atoms with E-state index in [1.807, 2.05) is 0 Å². The van der Waals surface area contributed by atoms with Gasteiger partial charge in [0.15, 0.2) is 0 Å². The summed E-state index contributed by atoms with van der Waals surface area (Å²) in [7, 11) is -2.25. The summed E-state index contributed by atoms with van der Waals surface area (Å²) in [5.74, 6) is 2.30. The van der Waals surface area contributed by atoms with E-state index in [0.717, 1.165) is 11.8 Å². The third kappa shape index (κ3) is 4.81. The molecule has 31 heavy (non-hydrogen) atoms. The Morgan fingerprint density at radius 3 is 2.68 bits per heavy atom. The van der Waals surface area contributed by atoms with Crippen molar-refractivity contribution in [1.82, 2.24) is 9.62 Å². The zero-order chi connectivity index (χ0) is 22.0. The molecule has 3 fully saturated rings. The minimum Gasteiger partial charge on any atom is -0.495 e. The molecule has 3 aliphatic rings. The monoisotopic (exact) mass is 448 g/mol. The van der Waals surface area contributed by atoms with E-state index in [2.05, 4.69) is 12.2 Å². The van der Waals surface area contributed by atoms with Gasteiger partial charge in [-0.05, 0) is 67.7 Å². The molecule has 1 amide bonds. The van der Waals surface area contributed by atoms with Crippen LogP contribution in [0, 0.1) is 17.8 Å². The number of fused-ring (bicyclic) bond motifs is 2. The second-order valence-corrected chi connectivity index (χ2v) is 10.8. The molecule has 1 aromatic carbocycles. The number of nitrogens with one attached hydrogen (secondary N) is 1. The highest BCUT2D eigenvalue weighted by Crippen LogP contribution is 2.49. The van der Waals surface area contributed by atoms with Crippen molar-refractivity contribution in [2.24, 2.45) is 17.8 Å². The third-order valence-electron chi connectivity index (χ3n) is 7.01. The summed E-state index contributed by atoms with van der Waals surface area (Å²) < 4.78 is 38.2. The minimum absolute atomic E-state index is 0.106. The van der Waals surface area contributed by atoms with Crippen LogP contribution in [0.25, 0.3) is 6.08 Å². The standard InChI is InChI=1S/C23H32N2O5S/c1-16(20-14-18-3-6-19(20)13-18)24-23(26)8-5-17-4-7-21(29-2)22(15-17)31(27,28)25-9-11-30-12-10-25/h4-5,7-8,15-16,18-20H,3,6,9-14H2,1-2H3,(H,24,26)/b8-5+. The van der Waals surface area contributed by atoms with Crippen molar-refractivity contribution in [1.29, 1.82) is 0 Å². The summed E-state index contributed by atoms with van der Waals surface area (Å²) in [5, 5.41) is 3.11. The largest absolute Gasteiger partial charge is 0.495 e. The molecule has 1 N–H and O–H groups in total. The molecule has 1 aliphatic heterocycles. The lowest BCUT2D eigenvalue weighted by Gasteiger charge is -2.28. The molecule has 170 valence electrons. The number of benzene rings is 1. The number of methoxy groups -OCH3 is 1. The van der Waals surface area contributed by atoms with Crippen LogP contribution in [0.3, 0.4) is 0 Å². The van der Waals surface area contributed by atoms with Crippen LogP contribution in [0.5, 0.6) is 5.75 Å². The van der Waals surface area contributed by atoms with E-state index < -0.39 is 10.0 Å². The van der Waals surface area contributed by atoms with E-state index in [0.29, 0.717) is 37.8 Å². The fourth-order valence-electron chi connectivity index (χ4n) is 5.38. The molecule has 2 bridgehead atoms. The maximum Gasteiger partial charge on any atom is 0.246 e. The van der Waals surface area contributed by atoms with E-state index >= 15 is 0 Å². The van der Waals surface area contributed by atoms with Crippen molar-refractivity contribution in [3.63, 3.8) is 0 Å². The van der Waals surface area contributed by atoms with Crippen molar-refractivity contribution in [2.75, 3.05) is 33.4 Å². The number of hydrogen-bond donors (Lipinski definition) is 1. The maximum atomic E-state index is 13.1. The molecule has 1 heterocycles. The molecule has 4 rings (SSSR count). The molecule has 8 heteroatoms. The number of sulfonamides is 1. The molecule has 1 aromatic rings. The zero-order valence-corrected chi connectivity index (χ0v) is 19.1. The second-order valence-electron chi connectivity index (χ2n) is 8.90. The minimum atomic E-state index is -3.71. The Hall–Kier alpha value is -1.90. The van der Waals surface area contributed by atoms with E-state index in [1.54, 1.807) is 24.3 Å². The van der Waals surface area contributed by atoms with E-state index in [9.17, 15) is 13.2 Å². The Balaban J connectivity index is 1.45. The zero-order valence-electron chi connectivity index (χ0n) is 18.2. The highest BCUT2D eigenvalue weighted by atomic mass is 32.2. The number of rotatable bonds is 7. The first-order valence-corrected chi connectivity index (χ1v) is 12.6. The average molecular weight is 449 g/mol. The third-order valence-corrected chi connectivity index (χ3v) is 8.93. The predicted molar refractivity (Wildman–Crippen MR) is 118 cm³/mol. The lowest BCUT2D eigenvalue weighted by molar-refractivity contribution is -0.117. The summed E-state index contributed by atoms with van der Waals surface area (Å²) in [6.45, 7) is 3.48. The Morgan fingerprint density at radius 2 is 2.03 bits per heavy atom. The predicted octanol–water partition coefficient (Wildman–Crippen LogP) is 2.67. The van der Waals surface area contributed by atoms with Crippen molar-refractivity contribution in [2.45, 2.75) is 43.5 Å². The van der Waals surface area contributed by atoms with Gasteiger partial charge in [0.2, 0.25) is 15.9 Å². The number of morpholine rings is 1. The quantitative estimate of drug-likeness (QED) is 0.649. The van der Waals surface area contributed by atoms with Gasteiger partial charge in [-0.15, -0.1) is 0 Å². The topological polar surface area (TPSA) is 84.9 Å². The molecule has 4 unspecified atom stereocenters. The molecule has 2 saturated carbocycles. The molecule has 2 aliphatic carbocycles. The number of amides is 1. The average Bonchev–Trinajstić information content (AvgIpc) is 3.42. The molecule has 4 atom stereocenters. The first-order chi connectivity index (χ1) is 14.9. The van der Waals surface area contributed by atoms with Crippen LogP contribution in [-0.4, -0.2) is 58.1 Å². The van der Waals surface area contributed by atoms with Crippen LogP contribution in [-0.2, 0) is 19.6 Å². The Bertz CT molecular complexity index is 939. The highest BCUT2D eigenvalue weighted by molar-refractivity contribution is 7.89. The molecule has 0 spiro atoms. The molecule has 7 nitrogen and oxygen atoms in total. The summed E-state index contributed by atoms with van der Waals surface area (Å²) in [6, 6.07) is 5.09. The summed E-state index contributed by atoms with van der Waals surface area (Å²) in [4.78, 5) is 12.6. The van der Waals surface area contributed by atoms with E-state index in [-0.39, 0.29) is 22.6 Å². The van der Waals surface area contributed by atoms with Gasteiger partial charge in [0.1, 0.15) is 10.6 Å². The Kier molecular flexibility index (Phi) is 6.69. The van der Waals surface area contributed by atoms with Crippen LogP contribution >= 0.6 is 0 Å². The van der Waals surface area contributed by atoms with Crippen molar-refractivity contribution < 1.29 is 22.7 Å². The van der Waals surface area contributed by atoms with Gasteiger partial charge in [0.05, 0.1) is 20.3 Å². The normalized spacial score (nSPS) is 27.5. The second kappa shape index (κ2) is 9.30. The number of hydrogen-bond acceptors (Lipinski definition) is 5. The number of nitrogens with zero attached hydrogens (tertiary/aromatic N) is 1. The lowest BCUT2D eigenvalue weighted by Crippen LogP contribution is -2.40. The fourth-order valence-corrected chi connectivity index (χ4v) is 6.98. The number of ether oxygens (including phenoxy) is 2. The SMILES string of the molecule is COc1ccc(/C=C/C(=O)NC(C)C2CC3CCC2C3)cc1S(=O)(=O)N1CCOCC1. The van der Waals surface area contributed by atoms with Gasteiger partial charge < -0.3 is 14.8 Å². The molecule has 1 saturated heterocycles. The molecule has 0 radical (unpaired) electrons. The highest BCUT2D eigenvalue weighted by Gasteiger charge is 2.42. The van der Waals surface area contributed by atoms with Crippen LogP contribution in [0.2, 0.25) is 0 Å². The van der Waals surface area contributed by atoms with Crippen molar-refractivity contribution in [3.8, 4) is 5.75 Å². The van der Waals surface area contributed by atoms with Gasteiger partial charge in [-0.3, -0.25) is 4.79 Å². The van der Waals surface area contributed by atoms with Crippen molar-refractivity contribution in [3.05, 3.63) is 29.8 Å². The van der Waals surface area contributed by atoms with E-state index in [4.69, 9.17) is 9.47 Å². The molecular formula is C23H32N2O5S. The van der Waals surface area contributed by atoms with Gasteiger partial charge in [0.25, 0.3) is 0 Å². The first-order valence-electron chi connectivity index (χ1n) is 11.1. The fraction of sp³-hybridized carbons (Fsp3) is 0.609. The summed E-state index contributed by atoms with van der Waals surface area (Å²) >= 11 is 0. The summed E-state index contributed by atoms with van der Waals surface area (Å²) in [6.07, 6.45) is 8.30.